The van der Waals surface area contributed by atoms with Crippen LogP contribution in [0.1, 0.15) is 25.1 Å². The largest absolute Gasteiger partial charge is 0.439 e. The van der Waals surface area contributed by atoms with Crippen molar-refractivity contribution in [2.45, 2.75) is 26.3 Å². The lowest BCUT2D eigenvalue weighted by molar-refractivity contribution is 0.483. The molecule has 2 aromatic heterocycles. The lowest BCUT2D eigenvalue weighted by Gasteiger charge is -2.03. The van der Waals surface area contributed by atoms with E-state index in [4.69, 9.17) is 4.42 Å². The van der Waals surface area contributed by atoms with Gasteiger partial charge in [-0.2, -0.15) is 0 Å². The molecule has 0 amide bonds. The molecule has 0 aliphatic carbocycles. The van der Waals surface area contributed by atoms with Crippen LogP contribution < -0.4 is 0 Å². The SMILES string of the molecule is CCCc1nccn1Cc1ncc(-c2ccccc2)o1. The molecule has 0 radical (unpaired) electrons. The molecule has 0 aliphatic heterocycles. The van der Waals surface area contributed by atoms with E-state index in [9.17, 15) is 0 Å². The molecule has 102 valence electrons. The Morgan fingerprint density at radius 1 is 1.15 bits per heavy atom. The van der Waals surface area contributed by atoms with Crippen molar-refractivity contribution in [2.24, 2.45) is 0 Å². The fourth-order valence-electron chi connectivity index (χ4n) is 2.20. The molecule has 2 heterocycles. The van der Waals surface area contributed by atoms with Crippen LogP contribution in [-0.4, -0.2) is 14.5 Å². The van der Waals surface area contributed by atoms with Crippen molar-refractivity contribution in [3.8, 4) is 11.3 Å². The molecule has 0 atom stereocenters. The minimum Gasteiger partial charge on any atom is -0.439 e. The van der Waals surface area contributed by atoms with Crippen LogP contribution in [0.25, 0.3) is 11.3 Å². The third-order valence-electron chi connectivity index (χ3n) is 3.19. The number of hydrogen-bond acceptors (Lipinski definition) is 3. The van der Waals surface area contributed by atoms with Gasteiger partial charge in [-0.15, -0.1) is 0 Å². The minimum atomic E-state index is 0.627. The quantitative estimate of drug-likeness (QED) is 0.710. The summed E-state index contributed by atoms with van der Waals surface area (Å²) < 4.78 is 7.90. The highest BCUT2D eigenvalue weighted by Crippen LogP contribution is 2.20. The molecule has 0 bridgehead atoms. The first-order valence-electron chi connectivity index (χ1n) is 6.87. The molecule has 0 N–H and O–H groups in total. The number of aryl methyl sites for hydroxylation is 1. The third-order valence-corrected chi connectivity index (χ3v) is 3.19. The zero-order valence-electron chi connectivity index (χ0n) is 11.5. The van der Waals surface area contributed by atoms with Gasteiger partial charge in [0, 0.05) is 24.4 Å². The van der Waals surface area contributed by atoms with E-state index in [0.717, 1.165) is 30.0 Å². The van der Waals surface area contributed by atoms with Gasteiger partial charge in [-0.3, -0.25) is 0 Å². The molecule has 4 nitrogen and oxygen atoms in total. The van der Waals surface area contributed by atoms with E-state index in [0.29, 0.717) is 12.4 Å². The Morgan fingerprint density at radius 3 is 2.80 bits per heavy atom. The Kier molecular flexibility index (Phi) is 3.63. The molecular weight excluding hydrogens is 250 g/mol. The summed E-state index contributed by atoms with van der Waals surface area (Å²) >= 11 is 0. The van der Waals surface area contributed by atoms with E-state index >= 15 is 0 Å². The number of hydrogen-bond donors (Lipinski definition) is 0. The predicted octanol–water partition coefficient (Wildman–Crippen LogP) is 3.54. The number of imidazole rings is 1. The van der Waals surface area contributed by atoms with Gasteiger partial charge in [0.25, 0.3) is 0 Å². The Bertz CT molecular complexity index is 670. The molecule has 3 rings (SSSR count). The number of rotatable bonds is 5. The fraction of sp³-hybridized carbons (Fsp3) is 0.250. The van der Waals surface area contributed by atoms with E-state index in [2.05, 4.69) is 21.5 Å². The molecule has 3 aromatic rings. The summed E-state index contributed by atoms with van der Waals surface area (Å²) in [6, 6.07) is 10.0. The minimum absolute atomic E-state index is 0.627. The van der Waals surface area contributed by atoms with Crippen LogP contribution in [0.3, 0.4) is 0 Å². The van der Waals surface area contributed by atoms with Crippen molar-refractivity contribution in [1.29, 1.82) is 0 Å². The molecular formula is C16H17N3O. The van der Waals surface area contributed by atoms with Crippen molar-refractivity contribution in [2.75, 3.05) is 0 Å². The molecule has 20 heavy (non-hydrogen) atoms. The van der Waals surface area contributed by atoms with Crippen molar-refractivity contribution < 1.29 is 4.42 Å². The van der Waals surface area contributed by atoms with Crippen LogP contribution >= 0.6 is 0 Å². The van der Waals surface area contributed by atoms with Crippen LogP contribution in [0.15, 0.2) is 53.3 Å². The summed E-state index contributed by atoms with van der Waals surface area (Å²) in [5.41, 5.74) is 1.05. The molecule has 0 saturated heterocycles. The molecule has 0 saturated carbocycles. The van der Waals surface area contributed by atoms with E-state index in [1.54, 1.807) is 6.20 Å². The first-order valence-corrected chi connectivity index (χ1v) is 6.87. The predicted molar refractivity (Wildman–Crippen MR) is 77.3 cm³/mol. The van der Waals surface area contributed by atoms with Crippen LogP contribution in [-0.2, 0) is 13.0 Å². The maximum absolute atomic E-state index is 5.82. The average molecular weight is 267 g/mol. The summed E-state index contributed by atoms with van der Waals surface area (Å²) in [4.78, 5) is 8.71. The van der Waals surface area contributed by atoms with E-state index in [1.165, 1.54) is 0 Å². The van der Waals surface area contributed by atoms with E-state index in [1.807, 2.05) is 42.7 Å². The van der Waals surface area contributed by atoms with E-state index < -0.39 is 0 Å². The smallest absolute Gasteiger partial charge is 0.214 e. The Labute approximate surface area is 118 Å². The van der Waals surface area contributed by atoms with Gasteiger partial charge in [-0.05, 0) is 6.42 Å². The summed E-state index contributed by atoms with van der Waals surface area (Å²) in [6.45, 7) is 2.78. The third kappa shape index (κ3) is 2.64. The van der Waals surface area contributed by atoms with Gasteiger partial charge in [0.05, 0.1) is 6.20 Å². The molecule has 0 spiro atoms. The van der Waals surface area contributed by atoms with Gasteiger partial charge >= 0.3 is 0 Å². The second-order valence-corrected chi connectivity index (χ2v) is 4.71. The summed E-state index contributed by atoms with van der Waals surface area (Å²) in [7, 11) is 0. The summed E-state index contributed by atoms with van der Waals surface area (Å²) in [5.74, 6) is 2.59. The highest BCUT2D eigenvalue weighted by Gasteiger charge is 2.08. The fourth-order valence-corrected chi connectivity index (χ4v) is 2.20. The van der Waals surface area contributed by atoms with Gasteiger partial charge in [0.1, 0.15) is 12.4 Å². The number of oxazole rings is 1. The molecule has 0 fully saturated rings. The maximum atomic E-state index is 5.82. The zero-order chi connectivity index (χ0) is 13.8. The molecule has 4 heteroatoms. The van der Waals surface area contributed by atoms with Crippen molar-refractivity contribution in [1.82, 2.24) is 14.5 Å². The first kappa shape index (κ1) is 12.7. The van der Waals surface area contributed by atoms with Gasteiger partial charge in [0.2, 0.25) is 5.89 Å². The molecule has 0 unspecified atom stereocenters. The summed E-state index contributed by atoms with van der Waals surface area (Å²) in [6.07, 6.45) is 7.63. The highest BCUT2D eigenvalue weighted by molar-refractivity contribution is 5.55. The standard InChI is InChI=1S/C16H17N3O/c1-2-6-15-17-9-10-19(15)12-16-18-11-14(20-16)13-7-4-3-5-8-13/h3-5,7-11H,2,6,12H2,1H3. The highest BCUT2D eigenvalue weighted by atomic mass is 16.4. The van der Waals surface area contributed by atoms with Gasteiger partial charge in [0.15, 0.2) is 5.76 Å². The van der Waals surface area contributed by atoms with Crippen molar-refractivity contribution in [3.63, 3.8) is 0 Å². The lowest BCUT2D eigenvalue weighted by atomic mass is 10.2. The van der Waals surface area contributed by atoms with Crippen molar-refractivity contribution >= 4 is 0 Å². The Hall–Kier alpha value is -2.36. The number of nitrogens with zero attached hydrogens (tertiary/aromatic N) is 3. The normalized spacial score (nSPS) is 10.8. The second kappa shape index (κ2) is 5.74. The van der Waals surface area contributed by atoms with E-state index in [-0.39, 0.29) is 0 Å². The number of aromatic nitrogens is 3. The lowest BCUT2D eigenvalue weighted by Crippen LogP contribution is -2.04. The Morgan fingerprint density at radius 2 is 2.00 bits per heavy atom. The topological polar surface area (TPSA) is 43.9 Å². The zero-order valence-corrected chi connectivity index (χ0v) is 11.5. The second-order valence-electron chi connectivity index (χ2n) is 4.71. The number of benzene rings is 1. The van der Waals surface area contributed by atoms with Gasteiger partial charge < -0.3 is 8.98 Å². The van der Waals surface area contributed by atoms with Gasteiger partial charge in [-0.25, -0.2) is 9.97 Å². The first-order chi connectivity index (χ1) is 9.86. The van der Waals surface area contributed by atoms with Gasteiger partial charge in [-0.1, -0.05) is 37.3 Å². The van der Waals surface area contributed by atoms with Crippen LogP contribution in [0, 0.1) is 0 Å². The Balaban J connectivity index is 1.79. The van der Waals surface area contributed by atoms with Crippen molar-refractivity contribution in [3.05, 3.63) is 60.6 Å². The van der Waals surface area contributed by atoms with Crippen LogP contribution in [0.4, 0.5) is 0 Å². The molecule has 0 aliphatic rings. The van der Waals surface area contributed by atoms with Crippen LogP contribution in [0.5, 0.6) is 0 Å². The maximum Gasteiger partial charge on any atom is 0.214 e. The molecule has 1 aromatic carbocycles. The van der Waals surface area contributed by atoms with Crippen LogP contribution in [0.2, 0.25) is 0 Å². The monoisotopic (exact) mass is 267 g/mol. The average Bonchev–Trinajstić information content (AvgIpc) is 3.11. The summed E-state index contributed by atoms with van der Waals surface area (Å²) in [5, 5.41) is 0.